The zero-order chi connectivity index (χ0) is 21.0. The molecule has 9 heteroatoms. The summed E-state index contributed by atoms with van der Waals surface area (Å²) in [7, 11) is 0. The minimum atomic E-state index is -4.39. The Balaban J connectivity index is 1.57. The molecular formula is C21H18F3N5O. The molecule has 0 amide bonds. The average Bonchev–Trinajstić information content (AvgIpc) is 3.40. The van der Waals surface area contributed by atoms with Crippen molar-refractivity contribution in [1.82, 2.24) is 25.1 Å². The van der Waals surface area contributed by atoms with Crippen LogP contribution in [-0.4, -0.2) is 25.1 Å². The van der Waals surface area contributed by atoms with Crippen LogP contribution in [0.3, 0.4) is 0 Å². The SMILES string of the molecule is FC(F)(F)c1ccc(-n2nnnc2CN(Cc2ccccc2)Cc2ccco2)cc1. The number of furan rings is 1. The van der Waals surface area contributed by atoms with E-state index < -0.39 is 11.7 Å². The van der Waals surface area contributed by atoms with E-state index in [0.29, 0.717) is 31.1 Å². The van der Waals surface area contributed by atoms with E-state index in [1.54, 1.807) is 6.26 Å². The van der Waals surface area contributed by atoms with Crippen molar-refractivity contribution in [3.05, 3.63) is 95.7 Å². The average molecular weight is 413 g/mol. The maximum absolute atomic E-state index is 12.8. The molecule has 0 aliphatic heterocycles. The maximum atomic E-state index is 12.8. The molecule has 0 bridgehead atoms. The lowest BCUT2D eigenvalue weighted by Gasteiger charge is -2.21. The first-order chi connectivity index (χ1) is 14.5. The molecule has 0 unspecified atom stereocenters. The highest BCUT2D eigenvalue weighted by Crippen LogP contribution is 2.29. The van der Waals surface area contributed by atoms with Crippen LogP contribution in [0, 0.1) is 0 Å². The van der Waals surface area contributed by atoms with Crippen molar-refractivity contribution < 1.29 is 17.6 Å². The lowest BCUT2D eigenvalue weighted by molar-refractivity contribution is -0.137. The second kappa shape index (κ2) is 8.50. The van der Waals surface area contributed by atoms with Gasteiger partial charge in [-0.05, 0) is 52.4 Å². The van der Waals surface area contributed by atoms with Crippen molar-refractivity contribution in [2.75, 3.05) is 0 Å². The predicted molar refractivity (Wildman–Crippen MR) is 102 cm³/mol. The highest BCUT2D eigenvalue weighted by Gasteiger charge is 2.30. The van der Waals surface area contributed by atoms with Gasteiger partial charge in [0.05, 0.1) is 30.6 Å². The summed E-state index contributed by atoms with van der Waals surface area (Å²) in [5, 5.41) is 11.8. The minimum Gasteiger partial charge on any atom is -0.468 e. The van der Waals surface area contributed by atoms with E-state index in [0.717, 1.165) is 23.5 Å². The van der Waals surface area contributed by atoms with E-state index in [1.165, 1.54) is 16.8 Å². The molecule has 0 N–H and O–H groups in total. The van der Waals surface area contributed by atoms with Gasteiger partial charge in [0.2, 0.25) is 0 Å². The van der Waals surface area contributed by atoms with Gasteiger partial charge in [0.25, 0.3) is 0 Å². The van der Waals surface area contributed by atoms with Crippen molar-refractivity contribution >= 4 is 0 Å². The molecule has 154 valence electrons. The molecule has 4 rings (SSSR count). The Labute approximate surface area is 170 Å². The fourth-order valence-corrected chi connectivity index (χ4v) is 3.13. The van der Waals surface area contributed by atoms with Gasteiger partial charge < -0.3 is 4.42 Å². The van der Waals surface area contributed by atoms with Gasteiger partial charge in [-0.2, -0.15) is 17.9 Å². The van der Waals surface area contributed by atoms with E-state index in [1.807, 2.05) is 42.5 Å². The zero-order valence-electron chi connectivity index (χ0n) is 15.8. The van der Waals surface area contributed by atoms with Crippen molar-refractivity contribution in [2.45, 2.75) is 25.8 Å². The van der Waals surface area contributed by atoms with Crippen LogP contribution >= 0.6 is 0 Å². The number of aromatic nitrogens is 4. The van der Waals surface area contributed by atoms with Crippen LogP contribution in [0.1, 0.15) is 22.7 Å². The second-order valence-electron chi connectivity index (χ2n) is 6.76. The second-order valence-corrected chi connectivity index (χ2v) is 6.76. The molecule has 2 aromatic heterocycles. The molecule has 0 aliphatic rings. The van der Waals surface area contributed by atoms with Crippen LogP contribution < -0.4 is 0 Å². The molecule has 0 saturated carbocycles. The summed E-state index contributed by atoms with van der Waals surface area (Å²) in [5.74, 6) is 1.30. The van der Waals surface area contributed by atoms with Crippen LogP contribution in [0.25, 0.3) is 5.69 Å². The van der Waals surface area contributed by atoms with E-state index in [9.17, 15) is 13.2 Å². The Morgan fingerprint density at radius 3 is 2.30 bits per heavy atom. The van der Waals surface area contributed by atoms with E-state index in [4.69, 9.17) is 4.42 Å². The normalized spacial score (nSPS) is 11.9. The first-order valence-electron chi connectivity index (χ1n) is 9.22. The largest absolute Gasteiger partial charge is 0.468 e. The Hall–Kier alpha value is -3.46. The number of halogens is 3. The third kappa shape index (κ3) is 4.74. The summed E-state index contributed by atoms with van der Waals surface area (Å²) in [6.45, 7) is 1.53. The highest BCUT2D eigenvalue weighted by molar-refractivity contribution is 5.35. The van der Waals surface area contributed by atoms with E-state index >= 15 is 0 Å². The van der Waals surface area contributed by atoms with Crippen molar-refractivity contribution in [2.24, 2.45) is 0 Å². The molecule has 0 spiro atoms. The van der Waals surface area contributed by atoms with Crippen molar-refractivity contribution in [3.63, 3.8) is 0 Å². The number of hydrogen-bond acceptors (Lipinski definition) is 5. The van der Waals surface area contributed by atoms with Crippen LogP contribution in [0.5, 0.6) is 0 Å². The van der Waals surface area contributed by atoms with Gasteiger partial charge in [-0.15, -0.1) is 5.10 Å². The first kappa shape index (κ1) is 19.8. The molecule has 4 aromatic rings. The topological polar surface area (TPSA) is 60.0 Å². The summed E-state index contributed by atoms with van der Waals surface area (Å²) < 4.78 is 45.4. The Bertz CT molecular complexity index is 1060. The third-order valence-corrected chi connectivity index (χ3v) is 4.55. The quantitative estimate of drug-likeness (QED) is 0.447. The van der Waals surface area contributed by atoms with Gasteiger partial charge in [-0.3, -0.25) is 4.90 Å². The Morgan fingerprint density at radius 2 is 1.63 bits per heavy atom. The van der Waals surface area contributed by atoms with Gasteiger partial charge >= 0.3 is 6.18 Å². The van der Waals surface area contributed by atoms with Gasteiger partial charge in [0.1, 0.15) is 5.76 Å². The first-order valence-corrected chi connectivity index (χ1v) is 9.22. The number of rotatable bonds is 7. The molecule has 30 heavy (non-hydrogen) atoms. The molecule has 0 aliphatic carbocycles. The van der Waals surface area contributed by atoms with Crippen molar-refractivity contribution in [3.8, 4) is 5.69 Å². The van der Waals surface area contributed by atoms with Crippen LogP contribution in [0.4, 0.5) is 13.2 Å². The molecule has 0 fully saturated rings. The third-order valence-electron chi connectivity index (χ3n) is 4.55. The van der Waals surface area contributed by atoms with Gasteiger partial charge in [0.15, 0.2) is 5.82 Å². The summed E-state index contributed by atoms with van der Waals surface area (Å²) >= 11 is 0. The molecule has 0 radical (unpaired) electrons. The lowest BCUT2D eigenvalue weighted by Crippen LogP contribution is -2.24. The molecule has 2 aromatic carbocycles. The molecule has 0 saturated heterocycles. The molecular weight excluding hydrogens is 395 g/mol. The Morgan fingerprint density at radius 1 is 0.867 bits per heavy atom. The summed E-state index contributed by atoms with van der Waals surface area (Å²) in [6.07, 6.45) is -2.78. The standard InChI is InChI=1S/C21H18F3N5O/c22-21(23,24)17-8-10-18(11-9-17)29-20(25-26-27-29)15-28(14-19-7-4-12-30-19)13-16-5-2-1-3-6-16/h1-12H,13-15H2. The number of alkyl halides is 3. The summed E-state index contributed by atoms with van der Waals surface area (Å²) in [5.41, 5.74) is 0.850. The van der Waals surface area contributed by atoms with Crippen LogP contribution in [0.15, 0.2) is 77.4 Å². The number of tetrazole rings is 1. The van der Waals surface area contributed by atoms with Gasteiger partial charge in [-0.1, -0.05) is 30.3 Å². The molecule has 0 atom stereocenters. The summed E-state index contributed by atoms with van der Waals surface area (Å²) in [4.78, 5) is 2.10. The van der Waals surface area contributed by atoms with Gasteiger partial charge in [-0.25, -0.2) is 0 Å². The summed E-state index contributed by atoms with van der Waals surface area (Å²) in [6, 6.07) is 18.4. The van der Waals surface area contributed by atoms with E-state index in [-0.39, 0.29) is 0 Å². The molecule has 2 heterocycles. The fraction of sp³-hybridized carbons (Fsp3) is 0.190. The molecule has 6 nitrogen and oxygen atoms in total. The zero-order valence-corrected chi connectivity index (χ0v) is 15.8. The monoisotopic (exact) mass is 413 g/mol. The number of hydrogen-bond donors (Lipinski definition) is 0. The number of nitrogens with zero attached hydrogens (tertiary/aromatic N) is 5. The highest BCUT2D eigenvalue weighted by atomic mass is 19.4. The van der Waals surface area contributed by atoms with Crippen molar-refractivity contribution in [1.29, 1.82) is 0 Å². The lowest BCUT2D eigenvalue weighted by atomic mass is 10.2. The maximum Gasteiger partial charge on any atom is 0.416 e. The van der Waals surface area contributed by atoms with Crippen LogP contribution in [0.2, 0.25) is 0 Å². The minimum absolute atomic E-state index is 0.379. The van der Waals surface area contributed by atoms with Gasteiger partial charge in [0, 0.05) is 6.54 Å². The number of benzene rings is 2. The smallest absolute Gasteiger partial charge is 0.416 e. The Kier molecular flexibility index (Phi) is 5.62. The fourth-order valence-electron chi connectivity index (χ4n) is 3.13. The van der Waals surface area contributed by atoms with Crippen LogP contribution in [-0.2, 0) is 25.8 Å². The van der Waals surface area contributed by atoms with E-state index in [2.05, 4.69) is 20.4 Å². The predicted octanol–water partition coefficient (Wildman–Crippen LogP) is 4.48.